The number of benzene rings is 1. The van der Waals surface area contributed by atoms with E-state index >= 15 is 0 Å². The zero-order chi connectivity index (χ0) is 14.4. The summed E-state index contributed by atoms with van der Waals surface area (Å²) in [6.07, 6.45) is -11.0. The van der Waals surface area contributed by atoms with Crippen molar-refractivity contribution in [3.8, 4) is 0 Å². The van der Waals surface area contributed by atoms with Gasteiger partial charge in [0, 0.05) is 16.1 Å². The Hall–Kier alpha value is -0.860. The van der Waals surface area contributed by atoms with Crippen molar-refractivity contribution in [2.24, 2.45) is 0 Å². The molecular formula is C9H2BrF8. The van der Waals surface area contributed by atoms with E-state index in [1.165, 1.54) is 0 Å². The second-order valence-corrected chi connectivity index (χ2v) is 4.05. The first kappa shape index (κ1) is 15.2. The van der Waals surface area contributed by atoms with Crippen molar-refractivity contribution in [1.29, 1.82) is 0 Å². The lowest BCUT2D eigenvalue weighted by Gasteiger charge is -2.21. The molecule has 0 spiro atoms. The van der Waals surface area contributed by atoms with Crippen LogP contribution in [0.5, 0.6) is 0 Å². The molecule has 0 heterocycles. The fourth-order valence-corrected chi connectivity index (χ4v) is 1.49. The van der Waals surface area contributed by atoms with E-state index in [2.05, 4.69) is 15.9 Å². The Morgan fingerprint density at radius 1 is 0.889 bits per heavy atom. The second-order valence-electron chi connectivity index (χ2n) is 3.20. The van der Waals surface area contributed by atoms with Gasteiger partial charge in [0.2, 0.25) is 0 Å². The summed E-state index contributed by atoms with van der Waals surface area (Å²) in [4.78, 5) is 0. The van der Waals surface area contributed by atoms with E-state index < -0.39 is 33.9 Å². The van der Waals surface area contributed by atoms with Crippen LogP contribution in [0.4, 0.5) is 35.1 Å². The fourth-order valence-electron chi connectivity index (χ4n) is 1.03. The molecule has 1 aromatic carbocycles. The maximum Gasteiger partial charge on any atom is 0.458 e. The molecule has 0 aliphatic rings. The van der Waals surface area contributed by atoms with E-state index in [0.717, 1.165) is 0 Å². The van der Waals surface area contributed by atoms with Gasteiger partial charge in [0.1, 0.15) is 0 Å². The molecular weight excluding hydrogens is 340 g/mol. The summed E-state index contributed by atoms with van der Waals surface area (Å²) in [6.45, 7) is 0. The van der Waals surface area contributed by atoms with E-state index in [0.29, 0.717) is 0 Å². The summed E-state index contributed by atoms with van der Waals surface area (Å²) in [7, 11) is 0. The van der Waals surface area contributed by atoms with Crippen molar-refractivity contribution >= 4 is 15.9 Å². The highest BCUT2D eigenvalue weighted by Gasteiger charge is 2.59. The van der Waals surface area contributed by atoms with Gasteiger partial charge in [-0.2, -0.15) is 35.1 Å². The molecule has 0 bridgehead atoms. The first-order chi connectivity index (χ1) is 7.85. The van der Waals surface area contributed by atoms with Crippen molar-refractivity contribution in [1.82, 2.24) is 0 Å². The third kappa shape index (κ3) is 2.93. The number of hydrogen-bond acceptors (Lipinski definition) is 0. The first-order valence-electron chi connectivity index (χ1n) is 4.11. The van der Waals surface area contributed by atoms with E-state index in [-0.39, 0.29) is 12.1 Å². The molecule has 0 saturated heterocycles. The lowest BCUT2D eigenvalue weighted by molar-refractivity contribution is -0.289. The van der Waals surface area contributed by atoms with Gasteiger partial charge in [0.25, 0.3) is 0 Å². The van der Waals surface area contributed by atoms with Crippen molar-refractivity contribution in [3.05, 3.63) is 33.8 Å². The van der Waals surface area contributed by atoms with Crippen molar-refractivity contribution in [3.63, 3.8) is 0 Å². The quantitative estimate of drug-likeness (QED) is 0.636. The van der Waals surface area contributed by atoms with Gasteiger partial charge in [-0.1, -0.05) is 15.9 Å². The molecule has 1 aromatic rings. The summed E-state index contributed by atoms with van der Waals surface area (Å²) in [5.74, 6) is -5.37. The molecule has 1 radical (unpaired) electrons. The van der Waals surface area contributed by atoms with Gasteiger partial charge < -0.3 is 0 Å². The predicted molar refractivity (Wildman–Crippen MR) is 47.9 cm³/mol. The van der Waals surface area contributed by atoms with Gasteiger partial charge in [-0.05, 0) is 12.1 Å². The summed E-state index contributed by atoms with van der Waals surface area (Å²) >= 11 is 2.41. The van der Waals surface area contributed by atoms with Crippen molar-refractivity contribution in [2.75, 3.05) is 0 Å². The zero-order valence-corrected chi connectivity index (χ0v) is 9.64. The van der Waals surface area contributed by atoms with Crippen LogP contribution in [-0.2, 0) is 12.1 Å². The Morgan fingerprint density at radius 2 is 1.39 bits per heavy atom. The van der Waals surface area contributed by atoms with Crippen LogP contribution >= 0.6 is 15.9 Å². The third-order valence-electron chi connectivity index (χ3n) is 1.86. The summed E-state index contributed by atoms with van der Waals surface area (Å²) in [5, 5.41) is 0. The number of rotatable bonds is 1. The Bertz CT molecular complexity index is 445. The molecule has 101 valence electrons. The van der Waals surface area contributed by atoms with Crippen LogP contribution in [0.2, 0.25) is 0 Å². The average molecular weight is 342 g/mol. The largest absolute Gasteiger partial charge is 0.458 e. The molecule has 0 aliphatic heterocycles. The molecule has 18 heavy (non-hydrogen) atoms. The molecule has 0 fully saturated rings. The second kappa shape index (κ2) is 4.36. The minimum atomic E-state index is -5.98. The van der Waals surface area contributed by atoms with Gasteiger partial charge in [-0.3, -0.25) is 0 Å². The molecule has 0 aliphatic carbocycles. The molecule has 0 atom stereocenters. The highest BCUT2D eigenvalue weighted by molar-refractivity contribution is 9.10. The minimum Gasteiger partial charge on any atom is -0.191 e. The van der Waals surface area contributed by atoms with E-state index in [1.807, 2.05) is 0 Å². The van der Waals surface area contributed by atoms with Crippen LogP contribution in [0.15, 0.2) is 16.6 Å². The van der Waals surface area contributed by atoms with E-state index in [9.17, 15) is 35.1 Å². The number of halogens is 9. The lowest BCUT2D eigenvalue weighted by atomic mass is 10.0. The van der Waals surface area contributed by atoms with E-state index in [4.69, 9.17) is 0 Å². The molecule has 0 nitrogen and oxygen atoms in total. The Kier molecular flexibility index (Phi) is 3.68. The highest BCUT2D eigenvalue weighted by Crippen LogP contribution is 2.45. The smallest absolute Gasteiger partial charge is 0.191 e. The van der Waals surface area contributed by atoms with Gasteiger partial charge >= 0.3 is 18.3 Å². The van der Waals surface area contributed by atoms with Crippen LogP contribution in [0.1, 0.15) is 11.1 Å². The van der Waals surface area contributed by atoms with Crippen LogP contribution in [0, 0.1) is 6.07 Å². The SMILES string of the molecule is FC(F)(F)c1[c]c(Br)cc(C(F)(F)C(F)(F)F)c1. The molecule has 0 unspecified atom stereocenters. The van der Waals surface area contributed by atoms with Crippen LogP contribution < -0.4 is 0 Å². The van der Waals surface area contributed by atoms with Gasteiger partial charge in [0.05, 0.1) is 5.56 Å². The molecule has 0 saturated carbocycles. The van der Waals surface area contributed by atoms with Crippen LogP contribution in [0.25, 0.3) is 0 Å². The summed E-state index contributed by atoms with van der Waals surface area (Å²) < 4.78 is 98.0. The van der Waals surface area contributed by atoms with Crippen molar-refractivity contribution in [2.45, 2.75) is 18.3 Å². The Balaban J connectivity index is 3.40. The maximum absolute atomic E-state index is 12.9. The van der Waals surface area contributed by atoms with Gasteiger partial charge in [-0.25, -0.2) is 0 Å². The first-order valence-corrected chi connectivity index (χ1v) is 4.90. The molecule has 1 rings (SSSR count). The summed E-state index contributed by atoms with van der Waals surface area (Å²) in [6, 6.07) is 1.56. The fraction of sp³-hybridized carbons (Fsp3) is 0.333. The average Bonchev–Trinajstić information content (AvgIpc) is 2.13. The Morgan fingerprint density at radius 3 is 1.78 bits per heavy atom. The third-order valence-corrected chi connectivity index (χ3v) is 2.29. The number of hydrogen-bond donors (Lipinski definition) is 0. The highest BCUT2D eigenvalue weighted by atomic mass is 79.9. The minimum absolute atomic E-state index is 0.239. The molecule has 0 N–H and O–H groups in total. The maximum atomic E-state index is 12.9. The zero-order valence-electron chi connectivity index (χ0n) is 8.06. The van der Waals surface area contributed by atoms with Crippen LogP contribution in [-0.4, -0.2) is 6.18 Å². The topological polar surface area (TPSA) is 0 Å². The van der Waals surface area contributed by atoms with Crippen molar-refractivity contribution < 1.29 is 35.1 Å². The monoisotopic (exact) mass is 341 g/mol. The van der Waals surface area contributed by atoms with E-state index in [1.54, 1.807) is 6.07 Å². The normalized spacial score (nSPS) is 13.8. The lowest BCUT2D eigenvalue weighted by Crippen LogP contribution is -2.34. The predicted octanol–water partition coefficient (Wildman–Crippen LogP) is 4.92. The number of alkyl halides is 8. The summed E-state index contributed by atoms with van der Waals surface area (Å²) in [5.41, 5.74) is -3.51. The van der Waals surface area contributed by atoms with Crippen LogP contribution in [0.3, 0.4) is 0 Å². The molecule has 9 heteroatoms. The molecule has 0 aromatic heterocycles. The Labute approximate surface area is 104 Å². The molecule has 0 amide bonds. The van der Waals surface area contributed by atoms with Gasteiger partial charge in [-0.15, -0.1) is 0 Å². The van der Waals surface area contributed by atoms with Gasteiger partial charge in [0.15, 0.2) is 0 Å². The standard InChI is InChI=1S/C9H2BrF8/c10-6-2-4(7(11,12)9(16,17)18)1-5(3-6)8(13,14)15/h1-2H.